The molecule has 0 aromatic carbocycles. The van der Waals surface area contributed by atoms with Gasteiger partial charge >= 0.3 is 12.1 Å². The van der Waals surface area contributed by atoms with E-state index in [1.165, 1.54) is 20.3 Å². The number of aliphatic hydroxyl groups is 5. The minimum atomic E-state index is -1.97. The minimum Gasteiger partial charge on any atom is -0.490 e. The van der Waals surface area contributed by atoms with Crippen molar-refractivity contribution in [2.75, 3.05) is 14.2 Å². The zero-order valence-corrected chi connectivity index (χ0v) is 37.5. The van der Waals surface area contributed by atoms with Gasteiger partial charge in [0.1, 0.15) is 12.2 Å². The number of amides is 1. The summed E-state index contributed by atoms with van der Waals surface area (Å²) in [5.41, 5.74) is 6.76. The Morgan fingerprint density at radius 1 is 1.05 bits per heavy atom. The van der Waals surface area contributed by atoms with E-state index in [1.807, 2.05) is 47.6 Å². The Bertz CT molecular complexity index is 1550. The van der Waals surface area contributed by atoms with E-state index in [2.05, 4.69) is 0 Å². The molecule has 0 aliphatic carbocycles. The lowest BCUT2D eigenvalue weighted by Gasteiger charge is -2.49. The third kappa shape index (κ3) is 13.2. The molecule has 15 nitrogen and oxygen atoms in total. The van der Waals surface area contributed by atoms with Crippen LogP contribution in [-0.2, 0) is 38.0 Å². The van der Waals surface area contributed by atoms with E-state index in [9.17, 15) is 35.1 Å². The topological polar surface area (TPSA) is 226 Å². The lowest BCUT2D eigenvalue weighted by atomic mass is 9.77. The molecule has 60 heavy (non-hydrogen) atoms. The number of cyclic esters (lactones) is 1. The van der Waals surface area contributed by atoms with Crippen LogP contribution in [0.2, 0.25) is 0 Å². The highest BCUT2D eigenvalue weighted by molar-refractivity contribution is 5.87. The highest BCUT2D eigenvalue weighted by Gasteiger charge is 2.52. The van der Waals surface area contributed by atoms with Gasteiger partial charge in [-0.15, -0.1) is 0 Å². The minimum absolute atomic E-state index is 0.0314. The van der Waals surface area contributed by atoms with Crippen LogP contribution in [0.3, 0.4) is 0 Å². The van der Waals surface area contributed by atoms with Crippen LogP contribution < -0.4 is 5.73 Å². The van der Waals surface area contributed by atoms with Crippen molar-refractivity contribution >= 4 is 12.1 Å². The van der Waals surface area contributed by atoms with E-state index in [-0.39, 0.29) is 36.4 Å². The summed E-state index contributed by atoms with van der Waals surface area (Å²) >= 11 is 0. The van der Waals surface area contributed by atoms with Crippen LogP contribution in [0.15, 0.2) is 59.4 Å². The fraction of sp³-hybridized carbons (Fsp3) is 0.733. The molecule has 2 fully saturated rings. The number of rotatable bonds is 10. The number of hydrogen-bond acceptors (Lipinski definition) is 14. The molecule has 3 heterocycles. The van der Waals surface area contributed by atoms with Gasteiger partial charge < -0.3 is 64.4 Å². The van der Waals surface area contributed by atoms with Crippen LogP contribution >= 0.6 is 0 Å². The number of hydrogen-bond donors (Lipinski definition) is 6. The molecule has 2 saturated heterocycles. The highest BCUT2D eigenvalue weighted by atomic mass is 16.7. The fourth-order valence-corrected chi connectivity index (χ4v) is 8.64. The molecule has 15 heteroatoms. The lowest BCUT2D eigenvalue weighted by Crippen LogP contribution is -2.59. The molecular weight excluding hydrogens is 778 g/mol. The summed E-state index contributed by atoms with van der Waals surface area (Å²) in [5.74, 6) is -6.06. The number of ether oxygens (including phenoxy) is 7. The Hall–Kier alpha value is -3.12. The number of allylic oxidation sites excluding steroid dienone is 6. The van der Waals surface area contributed by atoms with Crippen LogP contribution in [0, 0.1) is 35.5 Å². The van der Waals surface area contributed by atoms with Gasteiger partial charge in [0, 0.05) is 49.5 Å². The molecule has 0 bridgehead atoms. The molecule has 0 aromatic rings. The first kappa shape index (κ1) is 51.2. The van der Waals surface area contributed by atoms with Crippen molar-refractivity contribution in [3.05, 3.63) is 59.4 Å². The molecule has 0 saturated carbocycles. The van der Waals surface area contributed by atoms with Gasteiger partial charge in [0.15, 0.2) is 18.2 Å². The molecule has 3 aliphatic heterocycles. The van der Waals surface area contributed by atoms with Crippen molar-refractivity contribution < 1.29 is 68.3 Å². The Morgan fingerprint density at radius 3 is 2.30 bits per heavy atom. The normalized spacial score (nSPS) is 42.7. The molecule has 342 valence electrons. The summed E-state index contributed by atoms with van der Waals surface area (Å²) in [5, 5.41) is 57.6. The van der Waals surface area contributed by atoms with E-state index < -0.39 is 103 Å². The van der Waals surface area contributed by atoms with E-state index in [1.54, 1.807) is 58.1 Å². The summed E-state index contributed by atoms with van der Waals surface area (Å²) in [6.07, 6.45) is 1.54. The zero-order chi connectivity index (χ0) is 45.2. The smallest absolute Gasteiger partial charge is 0.404 e. The summed E-state index contributed by atoms with van der Waals surface area (Å²) < 4.78 is 41.3. The van der Waals surface area contributed by atoms with Crippen LogP contribution in [-0.4, -0.2) is 125 Å². The van der Waals surface area contributed by atoms with Crippen LogP contribution in [0.4, 0.5) is 4.79 Å². The fourth-order valence-electron chi connectivity index (χ4n) is 8.64. The van der Waals surface area contributed by atoms with E-state index in [0.717, 1.165) is 5.57 Å². The zero-order valence-electron chi connectivity index (χ0n) is 37.5. The molecule has 0 radical (unpaired) electrons. The van der Waals surface area contributed by atoms with Crippen molar-refractivity contribution in [1.29, 1.82) is 0 Å². The summed E-state index contributed by atoms with van der Waals surface area (Å²) in [7, 11) is 2.80. The average molecular weight is 852 g/mol. The van der Waals surface area contributed by atoms with Gasteiger partial charge in [-0.2, -0.15) is 0 Å². The van der Waals surface area contributed by atoms with Gasteiger partial charge in [-0.25, -0.2) is 9.59 Å². The van der Waals surface area contributed by atoms with E-state index >= 15 is 0 Å². The molecular formula is C45H73NO14. The van der Waals surface area contributed by atoms with Crippen molar-refractivity contribution in [1.82, 2.24) is 0 Å². The second kappa shape index (κ2) is 22.8. The maximum atomic E-state index is 13.9. The van der Waals surface area contributed by atoms with Gasteiger partial charge in [0.25, 0.3) is 0 Å². The van der Waals surface area contributed by atoms with Crippen LogP contribution in [0.1, 0.15) is 88.5 Å². The predicted molar refractivity (Wildman–Crippen MR) is 224 cm³/mol. The number of primary amides is 1. The van der Waals surface area contributed by atoms with Crippen LogP contribution in [0.5, 0.6) is 0 Å². The molecule has 2 unspecified atom stereocenters. The van der Waals surface area contributed by atoms with E-state index in [0.29, 0.717) is 12.0 Å². The summed E-state index contributed by atoms with van der Waals surface area (Å²) in [4.78, 5) is 25.3. The first-order valence-electron chi connectivity index (χ1n) is 21.1. The van der Waals surface area contributed by atoms with Crippen LogP contribution in [0.25, 0.3) is 0 Å². The van der Waals surface area contributed by atoms with Gasteiger partial charge in [-0.3, -0.25) is 0 Å². The molecule has 7 N–H and O–H groups in total. The Labute approximate surface area is 356 Å². The van der Waals surface area contributed by atoms with Gasteiger partial charge in [0.2, 0.25) is 5.76 Å². The van der Waals surface area contributed by atoms with Crippen molar-refractivity contribution in [3.63, 3.8) is 0 Å². The quantitative estimate of drug-likeness (QED) is 0.131. The maximum Gasteiger partial charge on any atom is 0.404 e. The monoisotopic (exact) mass is 852 g/mol. The molecule has 3 rings (SSSR count). The summed E-state index contributed by atoms with van der Waals surface area (Å²) in [6.45, 7) is 18.0. The standard InChI is InChI=1S/C45H73NO14/c1-13-15-33-27(6)36(57-37-21-32(47)42(31(10)56-37)59-44(46)52)22-45(53,60-33)30(9)40(50)29(8)41-34(54-11)17-14-16-23(2)18-25(4)38(48)28(7)39(49)26(5)19-24(3)20-35(55-12)43(51)58-41/h13-17,19-20,25-34,36-42,47-50,53H,18,21-22H2,1-12H3,(H2,46,52)/b15-13+,17-14+,23-16-,24-19+,35-20+/t25-,26-,27-,28?,29+,30+,31-,32-,33-,34+,36-,37+,38+,39+,40-,41?,42-,45-/m1/s1. The third-order valence-corrected chi connectivity index (χ3v) is 12.5. The van der Waals surface area contributed by atoms with Crippen molar-refractivity contribution in [2.45, 2.75) is 162 Å². The molecule has 0 aromatic heterocycles. The summed E-state index contributed by atoms with van der Waals surface area (Å²) in [6, 6.07) is 0. The Kier molecular flexibility index (Phi) is 19.5. The van der Waals surface area contributed by atoms with E-state index in [4.69, 9.17) is 38.9 Å². The third-order valence-electron chi connectivity index (χ3n) is 12.5. The average Bonchev–Trinajstić information content (AvgIpc) is 3.18. The molecule has 18 atom stereocenters. The second-order valence-electron chi connectivity index (χ2n) is 17.3. The SMILES string of the molecule is C/C=C/[C@H]1O[C@@](O)([C@@H](C)[C@H](O)[C@H](C)C2OC(=O)/C(OC)=C\C(C)=C\[C@@H](C)[C@H](O)C(C)[C@@H](O)[C@H](C)C/C(C)=C\C=C\[C@@H]2OC)C[C@@H](O[C@H]2C[C@@H](O)[C@H](OC(N)=O)[C@@H](C)O2)[C@@H]1C. The lowest BCUT2D eigenvalue weighted by molar-refractivity contribution is -0.338. The van der Waals surface area contributed by atoms with Gasteiger partial charge in [-0.1, -0.05) is 89.1 Å². The highest BCUT2D eigenvalue weighted by Crippen LogP contribution is 2.42. The molecule has 0 spiro atoms. The number of aliphatic hydroxyl groups excluding tert-OH is 4. The number of esters is 1. The van der Waals surface area contributed by atoms with Gasteiger partial charge in [0.05, 0.1) is 49.8 Å². The second-order valence-corrected chi connectivity index (χ2v) is 17.3. The largest absolute Gasteiger partial charge is 0.490 e. The van der Waals surface area contributed by atoms with Gasteiger partial charge in [-0.05, 0) is 46.1 Å². The number of carbonyl (C=O) groups is 2. The Balaban J connectivity index is 1.99. The number of methoxy groups -OCH3 is 2. The predicted octanol–water partition coefficient (Wildman–Crippen LogP) is 4.59. The van der Waals surface area contributed by atoms with Crippen molar-refractivity contribution in [3.8, 4) is 0 Å². The number of carbonyl (C=O) groups excluding carboxylic acids is 2. The van der Waals surface area contributed by atoms with Crippen molar-refractivity contribution in [2.24, 2.45) is 41.2 Å². The molecule has 1 amide bonds. The molecule has 3 aliphatic rings. The first-order chi connectivity index (χ1) is 28.1. The Morgan fingerprint density at radius 2 is 1.72 bits per heavy atom. The number of nitrogens with two attached hydrogens (primary N) is 1. The maximum absolute atomic E-state index is 13.9. The first-order valence-corrected chi connectivity index (χ1v) is 21.1.